The average molecular weight is 227 g/mol. The molecule has 0 aliphatic carbocycles. The first kappa shape index (κ1) is 10.2. The van der Waals surface area contributed by atoms with E-state index in [0.717, 1.165) is 0 Å². The van der Waals surface area contributed by atoms with Crippen LogP contribution in [0, 0.1) is 0 Å². The highest BCUT2D eigenvalue weighted by Crippen LogP contribution is 2.17. The van der Waals surface area contributed by atoms with Crippen molar-refractivity contribution in [3.05, 3.63) is 23.4 Å². The van der Waals surface area contributed by atoms with Gasteiger partial charge in [-0.05, 0) is 6.07 Å². The molecule has 15 heavy (non-hydrogen) atoms. The Labute approximate surface area is 92.8 Å². The molecule has 5 heteroatoms. The first-order valence-corrected chi connectivity index (χ1v) is 5.06. The van der Waals surface area contributed by atoms with E-state index in [1.807, 2.05) is 0 Å². The number of aromatic nitrogens is 1. The molecular formula is C10H11ClN2O2. The van der Waals surface area contributed by atoms with E-state index in [0.29, 0.717) is 24.0 Å². The maximum Gasteiger partial charge on any atom is 0.219 e. The number of carbonyl (C=O) groups is 1. The van der Waals surface area contributed by atoms with Crippen molar-refractivity contribution in [1.82, 2.24) is 9.88 Å². The molecule has 1 fully saturated rings. The van der Waals surface area contributed by atoms with Crippen LogP contribution < -0.4 is 4.74 Å². The van der Waals surface area contributed by atoms with E-state index in [9.17, 15) is 4.79 Å². The number of amides is 1. The lowest BCUT2D eigenvalue weighted by Crippen LogP contribution is -2.55. The van der Waals surface area contributed by atoms with Gasteiger partial charge in [0.25, 0.3) is 0 Å². The summed E-state index contributed by atoms with van der Waals surface area (Å²) in [7, 11) is 0. The Morgan fingerprint density at radius 1 is 1.60 bits per heavy atom. The number of likely N-dealkylation sites (tertiary alicyclic amines) is 1. The van der Waals surface area contributed by atoms with E-state index in [2.05, 4.69) is 4.98 Å². The average Bonchev–Trinajstić information content (AvgIpc) is 2.13. The maximum atomic E-state index is 10.9. The van der Waals surface area contributed by atoms with Crippen LogP contribution >= 0.6 is 11.6 Å². The molecule has 0 spiro atoms. The third-order valence-corrected chi connectivity index (χ3v) is 2.50. The van der Waals surface area contributed by atoms with Crippen molar-refractivity contribution in [2.45, 2.75) is 13.0 Å². The molecule has 1 aromatic rings. The summed E-state index contributed by atoms with van der Waals surface area (Å²) in [4.78, 5) is 16.6. The third-order valence-electron chi connectivity index (χ3n) is 2.28. The van der Waals surface area contributed by atoms with Gasteiger partial charge in [0, 0.05) is 19.2 Å². The largest absolute Gasteiger partial charge is 0.471 e. The second kappa shape index (κ2) is 4.06. The molecule has 1 saturated heterocycles. The monoisotopic (exact) mass is 226 g/mol. The number of hydrogen-bond donors (Lipinski definition) is 0. The van der Waals surface area contributed by atoms with Crippen LogP contribution in [0.3, 0.4) is 0 Å². The van der Waals surface area contributed by atoms with Crippen LogP contribution in [0.5, 0.6) is 5.88 Å². The molecule has 2 rings (SSSR count). The Morgan fingerprint density at radius 3 is 2.87 bits per heavy atom. The van der Waals surface area contributed by atoms with E-state index in [4.69, 9.17) is 16.3 Å². The Kier molecular flexibility index (Phi) is 2.77. The Bertz CT molecular complexity index is 360. The summed E-state index contributed by atoms with van der Waals surface area (Å²) in [6.45, 7) is 2.83. The molecule has 80 valence electrons. The van der Waals surface area contributed by atoms with Crippen LogP contribution in [0.1, 0.15) is 6.92 Å². The normalized spacial score (nSPS) is 16.0. The molecule has 4 nitrogen and oxygen atoms in total. The van der Waals surface area contributed by atoms with Gasteiger partial charge < -0.3 is 9.64 Å². The van der Waals surface area contributed by atoms with Gasteiger partial charge in [0.2, 0.25) is 11.8 Å². The summed E-state index contributed by atoms with van der Waals surface area (Å²) in [6.07, 6.45) is 1.60. The van der Waals surface area contributed by atoms with E-state index >= 15 is 0 Å². The molecule has 0 bridgehead atoms. The summed E-state index contributed by atoms with van der Waals surface area (Å²) in [5.74, 6) is 0.631. The van der Waals surface area contributed by atoms with Crippen molar-refractivity contribution in [2.24, 2.45) is 0 Å². The fourth-order valence-corrected chi connectivity index (χ4v) is 1.48. The van der Waals surface area contributed by atoms with E-state index in [-0.39, 0.29) is 12.0 Å². The Hall–Kier alpha value is -1.29. The van der Waals surface area contributed by atoms with Gasteiger partial charge in [-0.2, -0.15) is 0 Å². The van der Waals surface area contributed by atoms with Gasteiger partial charge in [0.15, 0.2) is 0 Å². The van der Waals surface area contributed by atoms with Crippen molar-refractivity contribution >= 4 is 17.5 Å². The minimum absolute atomic E-state index is 0.0579. The standard InChI is InChI=1S/C10H11ClN2O2/c1-7(14)13-5-9(6-13)15-10-3-2-8(11)4-12-10/h2-4,9H,5-6H2,1H3. The lowest BCUT2D eigenvalue weighted by molar-refractivity contribution is -0.137. The molecule has 0 radical (unpaired) electrons. The Balaban J connectivity index is 1.85. The highest BCUT2D eigenvalue weighted by atomic mass is 35.5. The number of hydrogen-bond acceptors (Lipinski definition) is 3. The number of carbonyl (C=O) groups excluding carboxylic acids is 1. The van der Waals surface area contributed by atoms with Gasteiger partial charge >= 0.3 is 0 Å². The van der Waals surface area contributed by atoms with Gasteiger partial charge in [0.05, 0.1) is 18.1 Å². The summed E-state index contributed by atoms with van der Waals surface area (Å²) < 4.78 is 5.52. The number of halogens is 1. The van der Waals surface area contributed by atoms with Gasteiger partial charge in [-0.1, -0.05) is 11.6 Å². The molecule has 0 unspecified atom stereocenters. The number of ether oxygens (including phenoxy) is 1. The van der Waals surface area contributed by atoms with Crippen molar-refractivity contribution in [2.75, 3.05) is 13.1 Å². The summed E-state index contributed by atoms with van der Waals surface area (Å²) in [5.41, 5.74) is 0. The van der Waals surface area contributed by atoms with Crippen LogP contribution in [0.4, 0.5) is 0 Å². The van der Waals surface area contributed by atoms with Crippen LogP contribution in [0.15, 0.2) is 18.3 Å². The maximum absolute atomic E-state index is 10.9. The minimum atomic E-state index is 0.0579. The van der Waals surface area contributed by atoms with Crippen LogP contribution in [0.2, 0.25) is 5.02 Å². The molecule has 1 amide bonds. The van der Waals surface area contributed by atoms with E-state index in [1.54, 1.807) is 24.0 Å². The van der Waals surface area contributed by atoms with E-state index in [1.165, 1.54) is 6.20 Å². The predicted octanol–water partition coefficient (Wildman–Crippen LogP) is 1.34. The molecule has 1 aliphatic rings. The number of rotatable bonds is 2. The smallest absolute Gasteiger partial charge is 0.219 e. The van der Waals surface area contributed by atoms with Crippen LogP contribution in [-0.2, 0) is 4.79 Å². The zero-order valence-corrected chi connectivity index (χ0v) is 9.07. The molecule has 0 atom stereocenters. The minimum Gasteiger partial charge on any atom is -0.471 e. The first-order valence-electron chi connectivity index (χ1n) is 4.69. The SMILES string of the molecule is CC(=O)N1CC(Oc2ccc(Cl)cn2)C1. The summed E-state index contributed by atoms with van der Waals surface area (Å²) in [6, 6.07) is 3.45. The molecule has 0 N–H and O–H groups in total. The van der Waals surface area contributed by atoms with Crippen molar-refractivity contribution in [3.63, 3.8) is 0 Å². The predicted molar refractivity (Wildman–Crippen MR) is 55.9 cm³/mol. The molecule has 1 aliphatic heterocycles. The molecule has 1 aromatic heterocycles. The van der Waals surface area contributed by atoms with Gasteiger partial charge in [-0.3, -0.25) is 4.79 Å². The van der Waals surface area contributed by atoms with Gasteiger partial charge in [-0.25, -0.2) is 4.98 Å². The van der Waals surface area contributed by atoms with Crippen molar-refractivity contribution < 1.29 is 9.53 Å². The number of nitrogens with zero attached hydrogens (tertiary/aromatic N) is 2. The third kappa shape index (κ3) is 2.39. The van der Waals surface area contributed by atoms with Crippen molar-refractivity contribution in [3.8, 4) is 5.88 Å². The zero-order chi connectivity index (χ0) is 10.8. The zero-order valence-electron chi connectivity index (χ0n) is 8.31. The molecular weight excluding hydrogens is 216 g/mol. The molecule has 0 aromatic carbocycles. The second-order valence-electron chi connectivity index (χ2n) is 3.48. The lowest BCUT2D eigenvalue weighted by atomic mass is 10.2. The van der Waals surface area contributed by atoms with Gasteiger partial charge in [0.1, 0.15) is 6.10 Å². The van der Waals surface area contributed by atoms with Crippen molar-refractivity contribution in [1.29, 1.82) is 0 Å². The fourth-order valence-electron chi connectivity index (χ4n) is 1.37. The highest BCUT2D eigenvalue weighted by Gasteiger charge is 2.30. The van der Waals surface area contributed by atoms with Crippen LogP contribution in [0.25, 0.3) is 0 Å². The molecule has 0 saturated carbocycles. The topological polar surface area (TPSA) is 42.4 Å². The lowest BCUT2D eigenvalue weighted by Gasteiger charge is -2.37. The highest BCUT2D eigenvalue weighted by molar-refractivity contribution is 6.30. The Morgan fingerprint density at radius 2 is 2.33 bits per heavy atom. The molecule has 2 heterocycles. The quantitative estimate of drug-likeness (QED) is 0.765. The first-order chi connectivity index (χ1) is 7.15. The van der Waals surface area contributed by atoms with E-state index < -0.39 is 0 Å². The summed E-state index contributed by atoms with van der Waals surface area (Å²) in [5, 5.41) is 0.585. The second-order valence-corrected chi connectivity index (χ2v) is 3.91. The number of pyridine rings is 1. The fraction of sp³-hybridized carbons (Fsp3) is 0.400. The summed E-state index contributed by atoms with van der Waals surface area (Å²) >= 11 is 5.69. The van der Waals surface area contributed by atoms with Crippen LogP contribution in [-0.4, -0.2) is 35.0 Å². The van der Waals surface area contributed by atoms with Gasteiger partial charge in [-0.15, -0.1) is 0 Å².